The summed E-state index contributed by atoms with van der Waals surface area (Å²) < 4.78 is 24.6. The molecular formula is C24H24BrFN6O2. The van der Waals surface area contributed by atoms with Crippen LogP contribution in [0.25, 0.3) is 21.8 Å². The van der Waals surface area contributed by atoms with Gasteiger partial charge in [0.15, 0.2) is 11.6 Å². The highest BCUT2D eigenvalue weighted by Gasteiger charge is 2.25. The van der Waals surface area contributed by atoms with Crippen LogP contribution in [0.4, 0.5) is 10.1 Å². The number of ketones is 1. The Morgan fingerprint density at radius 3 is 2.85 bits per heavy atom. The van der Waals surface area contributed by atoms with Gasteiger partial charge in [-0.25, -0.2) is 14.1 Å². The molecule has 1 aliphatic rings. The number of nitrogens with zero attached hydrogens (tertiary/aromatic N) is 6. The van der Waals surface area contributed by atoms with Crippen molar-refractivity contribution in [3.63, 3.8) is 0 Å². The molecule has 1 unspecified atom stereocenters. The zero-order valence-electron chi connectivity index (χ0n) is 19.1. The van der Waals surface area contributed by atoms with Crippen LogP contribution < -0.4 is 0 Å². The van der Waals surface area contributed by atoms with Crippen molar-refractivity contribution in [3.05, 3.63) is 52.0 Å². The SMILES string of the molecule is CN(C)C=Nc1c(C(=O)c2ccc(F)c3nn(C4CCCCO4)cc23)cc(Br)c2cnn(C)c12. The third-order valence-corrected chi connectivity index (χ3v) is 6.61. The maximum atomic E-state index is 14.7. The molecule has 1 saturated heterocycles. The number of benzene rings is 2. The smallest absolute Gasteiger partial charge is 0.196 e. The van der Waals surface area contributed by atoms with Crippen LogP contribution in [0.3, 0.4) is 0 Å². The number of fused-ring (bicyclic) bond motifs is 2. The van der Waals surface area contributed by atoms with E-state index < -0.39 is 5.82 Å². The molecule has 0 amide bonds. The first-order valence-electron chi connectivity index (χ1n) is 11.0. The average molecular weight is 527 g/mol. The van der Waals surface area contributed by atoms with Crippen LogP contribution in [-0.4, -0.2) is 57.3 Å². The molecular weight excluding hydrogens is 503 g/mol. The minimum Gasteiger partial charge on any atom is -0.369 e. The highest BCUT2D eigenvalue weighted by Crippen LogP contribution is 2.37. The first-order chi connectivity index (χ1) is 16.3. The lowest BCUT2D eigenvalue weighted by molar-refractivity contribution is -0.0391. The van der Waals surface area contributed by atoms with Gasteiger partial charge in [-0.15, -0.1) is 0 Å². The van der Waals surface area contributed by atoms with Crippen LogP contribution in [0.1, 0.15) is 41.4 Å². The number of hydrogen-bond acceptors (Lipinski definition) is 5. The van der Waals surface area contributed by atoms with Gasteiger partial charge in [0.25, 0.3) is 0 Å². The zero-order valence-corrected chi connectivity index (χ0v) is 20.7. The Labute approximate surface area is 204 Å². The number of aliphatic imine (C=N–C) groups is 1. The summed E-state index contributed by atoms with van der Waals surface area (Å²) in [6.45, 7) is 0.640. The number of aromatic nitrogens is 4. The van der Waals surface area contributed by atoms with Gasteiger partial charge in [0.2, 0.25) is 0 Å². The number of aryl methyl sites for hydroxylation is 1. The van der Waals surface area contributed by atoms with Crippen molar-refractivity contribution in [2.45, 2.75) is 25.5 Å². The number of rotatable bonds is 5. The highest BCUT2D eigenvalue weighted by molar-refractivity contribution is 9.10. The summed E-state index contributed by atoms with van der Waals surface area (Å²) in [5.74, 6) is -0.751. The molecule has 34 heavy (non-hydrogen) atoms. The summed E-state index contributed by atoms with van der Waals surface area (Å²) in [5.41, 5.74) is 2.11. The summed E-state index contributed by atoms with van der Waals surface area (Å²) in [7, 11) is 5.52. The Bertz CT molecular complexity index is 1430. The van der Waals surface area contributed by atoms with Gasteiger partial charge in [-0.05, 0) is 37.5 Å². The monoisotopic (exact) mass is 526 g/mol. The van der Waals surface area contributed by atoms with E-state index in [0.29, 0.717) is 28.8 Å². The first-order valence-corrected chi connectivity index (χ1v) is 11.8. The molecule has 1 aliphatic heterocycles. The van der Waals surface area contributed by atoms with Gasteiger partial charge in [0.1, 0.15) is 17.4 Å². The zero-order chi connectivity index (χ0) is 24.0. The Morgan fingerprint density at radius 2 is 2.12 bits per heavy atom. The maximum absolute atomic E-state index is 14.7. The number of halogens is 2. The topological polar surface area (TPSA) is 77.5 Å². The molecule has 1 fully saturated rings. The lowest BCUT2D eigenvalue weighted by Gasteiger charge is -2.22. The fourth-order valence-corrected chi connectivity index (χ4v) is 4.80. The van der Waals surface area contributed by atoms with Gasteiger partial charge in [0, 0.05) is 54.8 Å². The molecule has 4 aromatic rings. The van der Waals surface area contributed by atoms with E-state index in [-0.39, 0.29) is 17.5 Å². The number of carbonyl (C=O) groups is 1. The normalized spacial score (nSPS) is 16.7. The van der Waals surface area contributed by atoms with E-state index in [1.165, 1.54) is 12.1 Å². The molecule has 176 valence electrons. The van der Waals surface area contributed by atoms with Crippen LogP contribution in [0.15, 0.2) is 40.1 Å². The fourth-order valence-electron chi connectivity index (χ4n) is 4.28. The molecule has 8 nitrogen and oxygen atoms in total. The molecule has 0 saturated carbocycles. The van der Waals surface area contributed by atoms with Crippen molar-refractivity contribution in [3.8, 4) is 0 Å². The van der Waals surface area contributed by atoms with Crippen molar-refractivity contribution in [2.24, 2.45) is 12.0 Å². The van der Waals surface area contributed by atoms with E-state index in [4.69, 9.17) is 4.74 Å². The molecule has 3 heterocycles. The lowest BCUT2D eigenvalue weighted by atomic mass is 9.97. The second-order valence-corrected chi connectivity index (χ2v) is 9.46. The van der Waals surface area contributed by atoms with Gasteiger partial charge in [-0.3, -0.25) is 9.48 Å². The molecule has 0 bridgehead atoms. The second kappa shape index (κ2) is 8.92. The molecule has 1 atom stereocenters. The Morgan fingerprint density at radius 1 is 1.29 bits per heavy atom. The lowest BCUT2D eigenvalue weighted by Crippen LogP contribution is -2.18. The Balaban J connectivity index is 1.69. The van der Waals surface area contributed by atoms with Crippen LogP contribution in [0.5, 0.6) is 0 Å². The predicted octanol–water partition coefficient (Wildman–Crippen LogP) is 4.98. The minimum atomic E-state index is -0.477. The largest absolute Gasteiger partial charge is 0.369 e. The quantitative estimate of drug-likeness (QED) is 0.208. The fraction of sp³-hybridized carbons (Fsp3) is 0.333. The second-order valence-electron chi connectivity index (χ2n) is 8.61. The predicted molar refractivity (Wildman–Crippen MR) is 132 cm³/mol. The van der Waals surface area contributed by atoms with Crippen LogP contribution in [0.2, 0.25) is 0 Å². The molecule has 2 aromatic heterocycles. The van der Waals surface area contributed by atoms with Gasteiger partial charge in [-0.2, -0.15) is 10.2 Å². The molecule has 0 N–H and O–H groups in total. The van der Waals surface area contributed by atoms with Gasteiger partial charge in [0.05, 0.1) is 23.6 Å². The molecule has 0 radical (unpaired) electrons. The van der Waals surface area contributed by atoms with Crippen LogP contribution in [-0.2, 0) is 11.8 Å². The van der Waals surface area contributed by atoms with Gasteiger partial charge < -0.3 is 9.64 Å². The van der Waals surface area contributed by atoms with Crippen molar-refractivity contribution >= 4 is 55.5 Å². The molecule has 5 rings (SSSR count). The molecule has 2 aromatic carbocycles. The van der Waals surface area contributed by atoms with Gasteiger partial charge in [-0.1, -0.05) is 15.9 Å². The number of carbonyl (C=O) groups excluding carboxylic acids is 1. The van der Waals surface area contributed by atoms with Crippen molar-refractivity contribution in [1.82, 2.24) is 24.5 Å². The molecule has 0 spiro atoms. The summed E-state index contributed by atoms with van der Waals surface area (Å²) >= 11 is 3.57. The van der Waals surface area contributed by atoms with E-state index in [0.717, 1.165) is 34.6 Å². The van der Waals surface area contributed by atoms with E-state index in [2.05, 4.69) is 31.1 Å². The average Bonchev–Trinajstić information content (AvgIpc) is 3.44. The molecule has 0 aliphatic carbocycles. The Hall–Kier alpha value is -3.11. The van der Waals surface area contributed by atoms with Crippen LogP contribution in [0, 0.1) is 5.82 Å². The first kappa shape index (κ1) is 22.7. The van der Waals surface area contributed by atoms with Gasteiger partial charge >= 0.3 is 0 Å². The third kappa shape index (κ3) is 3.90. The summed E-state index contributed by atoms with van der Waals surface area (Å²) in [6, 6.07) is 4.54. The van der Waals surface area contributed by atoms with E-state index in [9.17, 15) is 9.18 Å². The Kier molecular flexibility index (Phi) is 5.95. The highest BCUT2D eigenvalue weighted by atomic mass is 79.9. The third-order valence-electron chi connectivity index (χ3n) is 5.95. The molecule has 10 heteroatoms. The number of ether oxygens (including phenoxy) is 1. The standard InChI is InChI=1S/C24H24BrFN6O2/c1-30(2)13-27-22-15(10-18(25)16-11-28-31(3)23(16)22)24(33)14-7-8-19(26)21-17(14)12-32(29-21)20-6-4-5-9-34-20/h7-8,10-13,20H,4-6,9H2,1-3H3. The van der Waals surface area contributed by atoms with Crippen molar-refractivity contribution < 1.29 is 13.9 Å². The number of hydrogen-bond donors (Lipinski definition) is 0. The summed E-state index contributed by atoms with van der Waals surface area (Å²) in [4.78, 5) is 20.3. The summed E-state index contributed by atoms with van der Waals surface area (Å²) in [6.07, 6.45) is 7.63. The van der Waals surface area contributed by atoms with Crippen molar-refractivity contribution in [1.29, 1.82) is 0 Å². The van der Waals surface area contributed by atoms with E-state index >= 15 is 0 Å². The summed E-state index contributed by atoms with van der Waals surface area (Å²) in [5, 5.41) is 10.1. The van der Waals surface area contributed by atoms with E-state index in [1.807, 2.05) is 21.1 Å². The maximum Gasteiger partial charge on any atom is 0.196 e. The van der Waals surface area contributed by atoms with E-state index in [1.54, 1.807) is 39.1 Å². The minimum absolute atomic E-state index is 0.152. The van der Waals surface area contributed by atoms with Crippen LogP contribution >= 0.6 is 15.9 Å². The van der Waals surface area contributed by atoms with Crippen molar-refractivity contribution in [2.75, 3.05) is 20.7 Å².